The molecule has 2 aliphatic carbocycles. The van der Waals surface area contributed by atoms with E-state index in [-0.39, 0.29) is 11.5 Å². The van der Waals surface area contributed by atoms with E-state index >= 15 is 0 Å². The van der Waals surface area contributed by atoms with Crippen molar-refractivity contribution in [2.75, 3.05) is 0 Å². The summed E-state index contributed by atoms with van der Waals surface area (Å²) in [5, 5.41) is 13.5. The van der Waals surface area contributed by atoms with Crippen LogP contribution in [0.1, 0.15) is 65.7 Å². The monoisotopic (exact) mass is 239 g/mol. The summed E-state index contributed by atoms with van der Waals surface area (Å²) < 4.78 is 0. The van der Waals surface area contributed by atoms with Crippen LogP contribution in [-0.4, -0.2) is 23.3 Å². The molecule has 0 aromatic rings. The van der Waals surface area contributed by atoms with E-state index in [4.69, 9.17) is 0 Å². The lowest BCUT2D eigenvalue weighted by atomic mass is 9.64. The zero-order chi connectivity index (χ0) is 12.5. The van der Waals surface area contributed by atoms with E-state index in [1.54, 1.807) is 0 Å². The molecule has 2 fully saturated rings. The number of aliphatic hydroxyl groups is 1. The van der Waals surface area contributed by atoms with Crippen molar-refractivity contribution in [3.8, 4) is 0 Å². The van der Waals surface area contributed by atoms with E-state index < -0.39 is 0 Å². The van der Waals surface area contributed by atoms with Gasteiger partial charge >= 0.3 is 0 Å². The van der Waals surface area contributed by atoms with Crippen LogP contribution in [0.2, 0.25) is 0 Å². The largest absolute Gasteiger partial charge is 0.392 e. The van der Waals surface area contributed by atoms with Crippen LogP contribution in [-0.2, 0) is 0 Å². The fourth-order valence-corrected chi connectivity index (χ4v) is 3.50. The first-order valence-electron chi connectivity index (χ1n) is 7.48. The number of nitrogens with one attached hydrogen (secondary N) is 1. The van der Waals surface area contributed by atoms with Gasteiger partial charge in [0.25, 0.3) is 0 Å². The zero-order valence-corrected chi connectivity index (χ0v) is 11.7. The number of aliphatic hydroxyl groups excluding tert-OH is 1. The summed E-state index contributed by atoms with van der Waals surface area (Å²) in [5.41, 5.74) is 0.0836. The van der Waals surface area contributed by atoms with Crippen LogP contribution in [0.15, 0.2) is 0 Å². The first-order valence-corrected chi connectivity index (χ1v) is 7.48. The van der Waals surface area contributed by atoms with Gasteiger partial charge in [0, 0.05) is 17.5 Å². The Morgan fingerprint density at radius 3 is 2.29 bits per heavy atom. The van der Waals surface area contributed by atoms with Gasteiger partial charge in [-0.25, -0.2) is 0 Å². The molecule has 0 aliphatic heterocycles. The minimum Gasteiger partial charge on any atom is -0.392 e. The van der Waals surface area contributed by atoms with E-state index in [1.165, 1.54) is 38.5 Å². The molecule has 17 heavy (non-hydrogen) atoms. The smallest absolute Gasteiger partial charge is 0.0621 e. The first kappa shape index (κ1) is 13.4. The van der Waals surface area contributed by atoms with Gasteiger partial charge < -0.3 is 10.4 Å². The summed E-state index contributed by atoms with van der Waals surface area (Å²) in [6, 6.07) is 1.24. The highest BCUT2D eigenvalue weighted by molar-refractivity contribution is 5.02. The highest BCUT2D eigenvalue weighted by atomic mass is 16.3. The SMILES string of the molecule is CCCC1CCC(NC2CC(O)C2(C)C)CC1. The predicted octanol–water partition coefficient (Wildman–Crippen LogP) is 3.09. The molecule has 2 nitrogen and oxygen atoms in total. The Hall–Kier alpha value is -0.0800. The van der Waals surface area contributed by atoms with Crippen molar-refractivity contribution in [1.29, 1.82) is 0 Å². The Kier molecular flexibility index (Phi) is 4.14. The Balaban J connectivity index is 1.72. The second-order valence-corrected chi connectivity index (χ2v) is 6.80. The Morgan fingerprint density at radius 2 is 1.82 bits per heavy atom. The van der Waals surface area contributed by atoms with Crippen molar-refractivity contribution in [3.63, 3.8) is 0 Å². The minimum absolute atomic E-state index is 0.0836. The molecule has 100 valence electrons. The maximum atomic E-state index is 9.75. The average molecular weight is 239 g/mol. The van der Waals surface area contributed by atoms with Crippen molar-refractivity contribution in [2.45, 2.75) is 83.9 Å². The van der Waals surface area contributed by atoms with Crippen molar-refractivity contribution in [3.05, 3.63) is 0 Å². The van der Waals surface area contributed by atoms with Crippen molar-refractivity contribution >= 4 is 0 Å². The van der Waals surface area contributed by atoms with Crippen molar-refractivity contribution < 1.29 is 5.11 Å². The van der Waals surface area contributed by atoms with Crippen molar-refractivity contribution in [2.24, 2.45) is 11.3 Å². The summed E-state index contributed by atoms with van der Waals surface area (Å²) in [5.74, 6) is 0.984. The molecule has 0 saturated heterocycles. The maximum Gasteiger partial charge on any atom is 0.0621 e. The van der Waals surface area contributed by atoms with Crippen LogP contribution in [0.25, 0.3) is 0 Å². The van der Waals surface area contributed by atoms with Gasteiger partial charge in [0.05, 0.1) is 6.10 Å². The summed E-state index contributed by atoms with van der Waals surface area (Å²) in [6.07, 6.45) is 9.09. The summed E-state index contributed by atoms with van der Waals surface area (Å²) in [7, 11) is 0. The van der Waals surface area contributed by atoms with Gasteiger partial charge in [0.2, 0.25) is 0 Å². The summed E-state index contributed by atoms with van der Waals surface area (Å²) in [4.78, 5) is 0. The standard InChI is InChI=1S/C15H29NO/c1-4-5-11-6-8-12(9-7-11)16-13-10-14(17)15(13,2)3/h11-14,16-17H,4-10H2,1-3H3. The van der Waals surface area contributed by atoms with E-state index in [0.717, 1.165) is 12.3 Å². The van der Waals surface area contributed by atoms with Gasteiger partial charge in [-0.05, 0) is 38.0 Å². The van der Waals surface area contributed by atoms with Gasteiger partial charge in [-0.15, -0.1) is 0 Å². The molecule has 0 heterocycles. The summed E-state index contributed by atoms with van der Waals surface area (Å²) >= 11 is 0. The molecule has 0 aromatic heterocycles. The van der Waals surface area contributed by atoms with Crippen LogP contribution in [0.4, 0.5) is 0 Å². The molecule has 0 amide bonds. The normalized spacial score (nSPS) is 40.9. The number of hydrogen-bond donors (Lipinski definition) is 2. The molecule has 2 atom stereocenters. The molecule has 2 aliphatic rings. The van der Waals surface area contributed by atoms with Crippen LogP contribution >= 0.6 is 0 Å². The Labute approximate surface area is 106 Å². The molecule has 2 rings (SSSR count). The third-order valence-corrected chi connectivity index (χ3v) is 5.20. The number of hydrogen-bond acceptors (Lipinski definition) is 2. The van der Waals surface area contributed by atoms with Crippen LogP contribution in [0.3, 0.4) is 0 Å². The molecule has 0 spiro atoms. The second kappa shape index (κ2) is 5.27. The maximum absolute atomic E-state index is 9.75. The molecule has 2 heteroatoms. The molecular weight excluding hydrogens is 210 g/mol. The third kappa shape index (κ3) is 2.85. The molecule has 0 aromatic carbocycles. The van der Waals surface area contributed by atoms with E-state index in [2.05, 4.69) is 26.1 Å². The first-order chi connectivity index (χ1) is 8.04. The highest BCUT2D eigenvalue weighted by Gasteiger charge is 2.47. The van der Waals surface area contributed by atoms with Gasteiger partial charge in [-0.3, -0.25) is 0 Å². The van der Waals surface area contributed by atoms with Crippen LogP contribution in [0, 0.1) is 11.3 Å². The quantitative estimate of drug-likeness (QED) is 0.790. The van der Waals surface area contributed by atoms with Gasteiger partial charge in [-0.1, -0.05) is 33.6 Å². The average Bonchev–Trinajstić information content (AvgIpc) is 2.31. The van der Waals surface area contributed by atoms with Crippen LogP contribution in [0.5, 0.6) is 0 Å². The Morgan fingerprint density at radius 1 is 1.18 bits per heavy atom. The topological polar surface area (TPSA) is 32.3 Å². The Bertz CT molecular complexity index is 243. The molecule has 0 radical (unpaired) electrons. The minimum atomic E-state index is -0.101. The van der Waals surface area contributed by atoms with Gasteiger partial charge in [0.1, 0.15) is 0 Å². The van der Waals surface area contributed by atoms with E-state index in [9.17, 15) is 5.11 Å². The molecule has 2 N–H and O–H groups in total. The predicted molar refractivity (Wildman–Crippen MR) is 72.0 cm³/mol. The molecule has 2 unspecified atom stereocenters. The van der Waals surface area contributed by atoms with Gasteiger partial charge in [-0.2, -0.15) is 0 Å². The molecule has 0 bridgehead atoms. The lowest BCUT2D eigenvalue weighted by Crippen LogP contribution is -2.62. The fourth-order valence-electron chi connectivity index (χ4n) is 3.50. The van der Waals surface area contributed by atoms with Crippen LogP contribution < -0.4 is 5.32 Å². The zero-order valence-electron chi connectivity index (χ0n) is 11.7. The highest BCUT2D eigenvalue weighted by Crippen LogP contribution is 2.41. The summed E-state index contributed by atoms with van der Waals surface area (Å²) in [6.45, 7) is 6.66. The van der Waals surface area contributed by atoms with Crippen molar-refractivity contribution in [1.82, 2.24) is 5.32 Å². The number of rotatable bonds is 4. The molecular formula is C15H29NO. The third-order valence-electron chi connectivity index (χ3n) is 5.20. The molecule has 2 saturated carbocycles. The second-order valence-electron chi connectivity index (χ2n) is 6.80. The lowest BCUT2D eigenvalue weighted by Gasteiger charge is -2.51. The van der Waals surface area contributed by atoms with Gasteiger partial charge in [0.15, 0.2) is 0 Å². The fraction of sp³-hybridized carbons (Fsp3) is 1.00. The van der Waals surface area contributed by atoms with E-state index in [1.807, 2.05) is 0 Å². The van der Waals surface area contributed by atoms with E-state index in [0.29, 0.717) is 12.1 Å². The lowest BCUT2D eigenvalue weighted by molar-refractivity contribution is -0.0774.